The molecule has 0 fully saturated rings. The number of ether oxygens (including phenoxy) is 2. The smallest absolute Gasteiger partial charge is 0.387 e. The van der Waals surface area contributed by atoms with Gasteiger partial charge in [0.15, 0.2) is 5.96 Å². The first kappa shape index (κ1) is 18.5. The molecular weight excluding hydrogens is 332 g/mol. The maximum atomic E-state index is 12.5. The Morgan fingerprint density at radius 3 is 2.84 bits per heavy atom. The summed E-state index contributed by atoms with van der Waals surface area (Å²) in [6.45, 7) is -1.28. The van der Waals surface area contributed by atoms with Gasteiger partial charge in [-0.2, -0.15) is 8.78 Å². The molecular formula is C16H21F2N5O2. The van der Waals surface area contributed by atoms with E-state index in [4.69, 9.17) is 4.74 Å². The van der Waals surface area contributed by atoms with E-state index in [9.17, 15) is 8.78 Å². The molecule has 2 rings (SSSR count). The summed E-state index contributed by atoms with van der Waals surface area (Å²) in [5.74, 6) is 1.20. The van der Waals surface area contributed by atoms with Gasteiger partial charge in [0, 0.05) is 44.6 Å². The van der Waals surface area contributed by atoms with Gasteiger partial charge in [-0.3, -0.25) is 4.99 Å². The van der Waals surface area contributed by atoms with Gasteiger partial charge in [-0.25, -0.2) is 4.98 Å². The number of guanidine groups is 1. The van der Waals surface area contributed by atoms with Gasteiger partial charge in [-0.15, -0.1) is 0 Å². The van der Waals surface area contributed by atoms with E-state index in [0.717, 1.165) is 6.54 Å². The van der Waals surface area contributed by atoms with Crippen LogP contribution in [0, 0.1) is 0 Å². The number of halogens is 2. The van der Waals surface area contributed by atoms with Crippen molar-refractivity contribution in [1.82, 2.24) is 20.2 Å². The maximum absolute atomic E-state index is 12.5. The van der Waals surface area contributed by atoms with Gasteiger partial charge in [0.1, 0.15) is 11.5 Å². The number of rotatable bonds is 8. The Balaban J connectivity index is 1.92. The molecule has 0 aliphatic rings. The standard InChI is InChI=1S/C16H21F2N5O2/c1-19-16(21-6-8-23-7-5-20-11-23)22-10-12-9-13(24-2)3-4-14(12)25-15(17)18/h3-5,7,9,11,15H,6,8,10H2,1-2H3,(H2,19,21,22). The molecule has 25 heavy (non-hydrogen) atoms. The second-order valence-electron chi connectivity index (χ2n) is 5.01. The van der Waals surface area contributed by atoms with Crippen LogP contribution in [0.5, 0.6) is 11.5 Å². The molecule has 136 valence electrons. The number of aliphatic imine (C=N–C) groups is 1. The summed E-state index contributed by atoms with van der Waals surface area (Å²) in [5.41, 5.74) is 0.539. The van der Waals surface area contributed by atoms with E-state index in [1.54, 1.807) is 31.7 Å². The Labute approximate surface area is 144 Å². The van der Waals surface area contributed by atoms with Gasteiger partial charge >= 0.3 is 6.61 Å². The molecule has 0 bridgehead atoms. The van der Waals surface area contributed by atoms with E-state index in [-0.39, 0.29) is 12.3 Å². The van der Waals surface area contributed by atoms with Crippen molar-refractivity contribution in [2.24, 2.45) is 4.99 Å². The van der Waals surface area contributed by atoms with E-state index in [1.807, 2.05) is 10.8 Å². The fraction of sp³-hybridized carbons (Fsp3) is 0.375. The van der Waals surface area contributed by atoms with Crippen molar-refractivity contribution in [3.63, 3.8) is 0 Å². The van der Waals surface area contributed by atoms with Crippen molar-refractivity contribution in [3.05, 3.63) is 42.5 Å². The van der Waals surface area contributed by atoms with Gasteiger partial charge in [-0.05, 0) is 18.2 Å². The summed E-state index contributed by atoms with van der Waals surface area (Å²) < 4.78 is 36.7. The SMILES string of the molecule is CN=C(NCCn1ccnc1)NCc1cc(OC)ccc1OC(F)F. The minimum absolute atomic E-state index is 0.0946. The number of methoxy groups -OCH3 is 1. The lowest BCUT2D eigenvalue weighted by molar-refractivity contribution is -0.0504. The summed E-state index contributed by atoms with van der Waals surface area (Å²) in [5, 5.41) is 6.20. The topological polar surface area (TPSA) is 72.7 Å². The van der Waals surface area contributed by atoms with Crippen molar-refractivity contribution in [3.8, 4) is 11.5 Å². The van der Waals surface area contributed by atoms with Gasteiger partial charge in [-0.1, -0.05) is 0 Å². The average Bonchev–Trinajstić information content (AvgIpc) is 3.12. The van der Waals surface area contributed by atoms with Crippen LogP contribution in [0.25, 0.3) is 0 Å². The number of nitrogens with zero attached hydrogens (tertiary/aromatic N) is 3. The minimum Gasteiger partial charge on any atom is -0.497 e. The maximum Gasteiger partial charge on any atom is 0.387 e. The van der Waals surface area contributed by atoms with Crippen LogP contribution in [0.2, 0.25) is 0 Å². The lowest BCUT2D eigenvalue weighted by atomic mass is 10.2. The minimum atomic E-state index is -2.89. The van der Waals surface area contributed by atoms with Crippen LogP contribution in [0.15, 0.2) is 41.9 Å². The molecule has 1 aromatic heterocycles. The molecule has 0 amide bonds. The molecule has 0 aliphatic heterocycles. The van der Waals surface area contributed by atoms with Crippen molar-refractivity contribution in [2.45, 2.75) is 19.7 Å². The summed E-state index contributed by atoms with van der Waals surface area (Å²) in [6, 6.07) is 4.67. The lowest BCUT2D eigenvalue weighted by Gasteiger charge is -2.15. The number of benzene rings is 1. The normalized spacial score (nSPS) is 11.5. The zero-order chi connectivity index (χ0) is 18.1. The third kappa shape index (κ3) is 5.94. The predicted molar refractivity (Wildman–Crippen MR) is 90.1 cm³/mol. The molecule has 2 aromatic rings. The van der Waals surface area contributed by atoms with Crippen molar-refractivity contribution in [1.29, 1.82) is 0 Å². The Kier molecular flexibility index (Phi) is 7.00. The van der Waals surface area contributed by atoms with Crippen molar-refractivity contribution >= 4 is 5.96 Å². The zero-order valence-corrected chi connectivity index (χ0v) is 14.1. The Morgan fingerprint density at radius 2 is 2.20 bits per heavy atom. The molecule has 2 N–H and O–H groups in total. The molecule has 0 radical (unpaired) electrons. The third-order valence-electron chi connectivity index (χ3n) is 3.38. The molecule has 7 nitrogen and oxygen atoms in total. The van der Waals surface area contributed by atoms with Crippen LogP contribution in [0.3, 0.4) is 0 Å². The second kappa shape index (κ2) is 9.45. The Hall–Kier alpha value is -2.84. The van der Waals surface area contributed by atoms with Crippen LogP contribution >= 0.6 is 0 Å². The van der Waals surface area contributed by atoms with E-state index < -0.39 is 6.61 Å². The van der Waals surface area contributed by atoms with Gasteiger partial charge < -0.3 is 24.7 Å². The number of alkyl halides is 2. The lowest BCUT2D eigenvalue weighted by Crippen LogP contribution is -2.38. The number of hydrogen-bond acceptors (Lipinski definition) is 4. The van der Waals surface area contributed by atoms with Gasteiger partial charge in [0.25, 0.3) is 0 Å². The van der Waals surface area contributed by atoms with Crippen LogP contribution in [-0.2, 0) is 13.1 Å². The zero-order valence-electron chi connectivity index (χ0n) is 14.1. The van der Waals surface area contributed by atoms with E-state index in [1.165, 1.54) is 13.2 Å². The van der Waals surface area contributed by atoms with Gasteiger partial charge in [0.05, 0.1) is 13.4 Å². The summed E-state index contributed by atoms with van der Waals surface area (Å²) >= 11 is 0. The highest BCUT2D eigenvalue weighted by Gasteiger charge is 2.11. The quantitative estimate of drug-likeness (QED) is 0.560. The van der Waals surface area contributed by atoms with E-state index in [2.05, 4.69) is 25.3 Å². The van der Waals surface area contributed by atoms with E-state index in [0.29, 0.717) is 23.8 Å². The number of nitrogens with one attached hydrogen (secondary N) is 2. The first-order valence-corrected chi connectivity index (χ1v) is 7.64. The molecule has 0 aliphatic carbocycles. The first-order valence-electron chi connectivity index (χ1n) is 7.64. The first-order chi connectivity index (χ1) is 12.1. The Morgan fingerprint density at radius 1 is 1.36 bits per heavy atom. The molecule has 0 atom stereocenters. The highest BCUT2D eigenvalue weighted by molar-refractivity contribution is 5.79. The van der Waals surface area contributed by atoms with Crippen LogP contribution in [0.4, 0.5) is 8.78 Å². The predicted octanol–water partition coefficient (Wildman–Crippen LogP) is 1.86. The van der Waals surface area contributed by atoms with Crippen LogP contribution < -0.4 is 20.1 Å². The highest BCUT2D eigenvalue weighted by atomic mass is 19.3. The average molecular weight is 353 g/mol. The van der Waals surface area contributed by atoms with E-state index >= 15 is 0 Å². The number of aromatic nitrogens is 2. The second-order valence-corrected chi connectivity index (χ2v) is 5.01. The summed E-state index contributed by atoms with van der Waals surface area (Å²) in [6.07, 6.45) is 5.30. The fourth-order valence-corrected chi connectivity index (χ4v) is 2.15. The van der Waals surface area contributed by atoms with Crippen LogP contribution in [-0.4, -0.2) is 42.8 Å². The number of hydrogen-bond donors (Lipinski definition) is 2. The van der Waals surface area contributed by atoms with Crippen molar-refractivity contribution < 1.29 is 18.3 Å². The largest absolute Gasteiger partial charge is 0.497 e. The molecule has 0 saturated carbocycles. The molecule has 9 heteroatoms. The van der Waals surface area contributed by atoms with Crippen molar-refractivity contribution in [2.75, 3.05) is 20.7 Å². The highest BCUT2D eigenvalue weighted by Crippen LogP contribution is 2.25. The summed E-state index contributed by atoms with van der Waals surface area (Å²) in [4.78, 5) is 8.07. The summed E-state index contributed by atoms with van der Waals surface area (Å²) in [7, 11) is 3.14. The number of imidazole rings is 1. The molecule has 1 aromatic carbocycles. The monoisotopic (exact) mass is 353 g/mol. The third-order valence-corrected chi connectivity index (χ3v) is 3.38. The molecule has 0 unspecified atom stereocenters. The molecule has 0 saturated heterocycles. The van der Waals surface area contributed by atoms with Crippen LogP contribution in [0.1, 0.15) is 5.56 Å². The fourth-order valence-electron chi connectivity index (χ4n) is 2.15. The Bertz CT molecular complexity index is 677. The molecule has 1 heterocycles. The van der Waals surface area contributed by atoms with Gasteiger partial charge in [0.2, 0.25) is 0 Å². The molecule has 0 spiro atoms.